The van der Waals surface area contributed by atoms with E-state index >= 15 is 0 Å². The number of benzene rings is 7. The Balaban J connectivity index is 1.12. The number of nitrogens with zero attached hydrogens (tertiary/aromatic N) is 6. The lowest BCUT2D eigenvalue weighted by molar-refractivity contribution is 0.669. The summed E-state index contributed by atoms with van der Waals surface area (Å²) in [5.41, 5.74) is 8.88. The Morgan fingerprint density at radius 3 is 1.22 bits per heavy atom. The van der Waals surface area contributed by atoms with Gasteiger partial charge in [-0.05, 0) is 35.4 Å². The van der Waals surface area contributed by atoms with Crippen LogP contribution >= 0.6 is 0 Å². The Morgan fingerprint density at radius 1 is 0.255 bits per heavy atom. The quantitative estimate of drug-likeness (QED) is 0.163. The summed E-state index contributed by atoms with van der Waals surface area (Å²) in [7, 11) is 0. The Morgan fingerprint density at radius 2 is 0.655 bits per heavy atom. The van der Waals surface area contributed by atoms with Crippen molar-refractivity contribution in [3.05, 3.63) is 182 Å². The average molecular weight is 707 g/mol. The molecule has 0 aliphatic rings. The van der Waals surface area contributed by atoms with Crippen LogP contribution in [0.5, 0.6) is 0 Å². The second-order valence-corrected chi connectivity index (χ2v) is 13.1. The molecular formula is C48H30N6O. The second-order valence-electron chi connectivity index (χ2n) is 13.1. The van der Waals surface area contributed by atoms with Gasteiger partial charge >= 0.3 is 0 Å². The highest BCUT2D eigenvalue weighted by Crippen LogP contribution is 2.35. The first-order valence-electron chi connectivity index (χ1n) is 18.0. The van der Waals surface area contributed by atoms with Gasteiger partial charge in [-0.2, -0.15) is 0 Å². The molecule has 7 heteroatoms. The van der Waals surface area contributed by atoms with Crippen molar-refractivity contribution in [2.45, 2.75) is 0 Å². The van der Waals surface area contributed by atoms with Gasteiger partial charge in [-0.1, -0.05) is 158 Å². The molecular weight excluding hydrogens is 677 g/mol. The molecule has 0 amide bonds. The third-order valence-corrected chi connectivity index (χ3v) is 9.61. The third kappa shape index (κ3) is 6.19. The largest absolute Gasteiger partial charge is 0.456 e. The maximum atomic E-state index is 6.22. The van der Waals surface area contributed by atoms with E-state index in [4.69, 9.17) is 34.3 Å². The predicted molar refractivity (Wildman–Crippen MR) is 219 cm³/mol. The molecule has 7 nitrogen and oxygen atoms in total. The molecule has 3 heterocycles. The maximum absolute atomic E-state index is 6.22. The molecule has 10 aromatic rings. The molecule has 0 N–H and O–H groups in total. The summed E-state index contributed by atoms with van der Waals surface area (Å²) in [6.07, 6.45) is 0. The maximum Gasteiger partial charge on any atom is 0.164 e. The van der Waals surface area contributed by atoms with Crippen LogP contribution in [0.1, 0.15) is 0 Å². The minimum atomic E-state index is 0.511. The lowest BCUT2D eigenvalue weighted by Gasteiger charge is -2.13. The molecule has 0 fully saturated rings. The molecule has 0 spiro atoms. The standard InChI is InChI=1S/C48H30N6O/c1-4-15-31(16-5-1)43-49-44(32-17-6-2-7-18-32)52-47(51-43)39-24-10-11-25-40(39)48-53-45(33-19-8-3-9-20-33)50-46(54-48)36-22-14-21-34(29-36)35-27-28-38-37-23-12-13-26-41(37)55-42(38)30-35/h1-30H. The number of fused-ring (bicyclic) bond motifs is 3. The van der Waals surface area contributed by atoms with Gasteiger partial charge in [-0.3, -0.25) is 0 Å². The lowest BCUT2D eigenvalue weighted by Crippen LogP contribution is -2.03. The minimum absolute atomic E-state index is 0.511. The molecule has 0 atom stereocenters. The molecule has 3 aromatic heterocycles. The molecule has 10 rings (SSSR count). The number of furan rings is 1. The van der Waals surface area contributed by atoms with Crippen molar-refractivity contribution in [2.75, 3.05) is 0 Å². The fourth-order valence-corrected chi connectivity index (χ4v) is 6.89. The van der Waals surface area contributed by atoms with Gasteiger partial charge in [0, 0.05) is 44.2 Å². The van der Waals surface area contributed by atoms with Crippen molar-refractivity contribution < 1.29 is 4.42 Å². The number of para-hydroxylation sites is 1. The van der Waals surface area contributed by atoms with Crippen LogP contribution in [0.2, 0.25) is 0 Å². The molecule has 55 heavy (non-hydrogen) atoms. The third-order valence-electron chi connectivity index (χ3n) is 9.61. The molecule has 0 saturated heterocycles. The van der Waals surface area contributed by atoms with Gasteiger partial charge < -0.3 is 4.42 Å². The van der Waals surface area contributed by atoms with E-state index in [0.29, 0.717) is 34.9 Å². The molecule has 0 radical (unpaired) electrons. The van der Waals surface area contributed by atoms with Crippen LogP contribution in [0.3, 0.4) is 0 Å². The number of aromatic nitrogens is 6. The molecule has 0 unspecified atom stereocenters. The van der Waals surface area contributed by atoms with Gasteiger partial charge in [0.25, 0.3) is 0 Å². The van der Waals surface area contributed by atoms with Crippen LogP contribution in [-0.2, 0) is 0 Å². The average Bonchev–Trinajstić information content (AvgIpc) is 3.65. The summed E-state index contributed by atoms with van der Waals surface area (Å²) >= 11 is 0. The summed E-state index contributed by atoms with van der Waals surface area (Å²) in [6, 6.07) is 60.7. The smallest absolute Gasteiger partial charge is 0.164 e. The summed E-state index contributed by atoms with van der Waals surface area (Å²) in [5, 5.41) is 2.20. The molecule has 258 valence electrons. The van der Waals surface area contributed by atoms with Crippen LogP contribution in [0, 0.1) is 0 Å². The van der Waals surface area contributed by atoms with Gasteiger partial charge in [-0.15, -0.1) is 0 Å². The number of hydrogen-bond acceptors (Lipinski definition) is 7. The Labute approximate surface area is 316 Å². The topological polar surface area (TPSA) is 90.5 Å². The van der Waals surface area contributed by atoms with Crippen LogP contribution in [0.25, 0.3) is 101 Å². The molecule has 7 aromatic carbocycles. The van der Waals surface area contributed by atoms with Crippen LogP contribution in [-0.4, -0.2) is 29.9 Å². The number of hydrogen-bond donors (Lipinski definition) is 0. The molecule has 0 bridgehead atoms. The number of rotatable bonds is 7. The van der Waals surface area contributed by atoms with E-state index in [1.807, 2.05) is 146 Å². The van der Waals surface area contributed by atoms with Crippen molar-refractivity contribution in [3.8, 4) is 79.5 Å². The molecule has 0 saturated carbocycles. The summed E-state index contributed by atoms with van der Waals surface area (Å²) < 4.78 is 6.22. The summed E-state index contributed by atoms with van der Waals surface area (Å²) in [5.74, 6) is 3.31. The fraction of sp³-hybridized carbons (Fsp3) is 0. The SMILES string of the molecule is c1ccc(-c2nc(-c3ccccc3)nc(-c3ccccc3-c3nc(-c4ccccc4)nc(-c4cccc(-c5ccc6c(c5)oc5ccccc56)c4)n3)n2)cc1. The van der Waals surface area contributed by atoms with Crippen LogP contribution < -0.4 is 0 Å². The van der Waals surface area contributed by atoms with Crippen molar-refractivity contribution in [3.63, 3.8) is 0 Å². The van der Waals surface area contributed by atoms with Crippen molar-refractivity contribution in [1.29, 1.82) is 0 Å². The molecule has 0 aliphatic carbocycles. The first kappa shape index (κ1) is 32.0. The van der Waals surface area contributed by atoms with Crippen molar-refractivity contribution in [2.24, 2.45) is 0 Å². The highest BCUT2D eigenvalue weighted by atomic mass is 16.3. The van der Waals surface area contributed by atoms with Gasteiger partial charge in [0.1, 0.15) is 11.2 Å². The Hall–Kier alpha value is -7.64. The predicted octanol–water partition coefficient (Wildman–Crippen LogP) is 11.6. The second kappa shape index (κ2) is 13.7. The van der Waals surface area contributed by atoms with Gasteiger partial charge in [-0.25, -0.2) is 29.9 Å². The Kier molecular flexibility index (Phi) is 8.00. The highest BCUT2D eigenvalue weighted by molar-refractivity contribution is 6.05. The molecule has 0 aliphatic heterocycles. The monoisotopic (exact) mass is 706 g/mol. The van der Waals surface area contributed by atoms with Crippen molar-refractivity contribution in [1.82, 2.24) is 29.9 Å². The fourth-order valence-electron chi connectivity index (χ4n) is 6.89. The zero-order valence-electron chi connectivity index (χ0n) is 29.4. The van der Waals surface area contributed by atoms with Gasteiger partial charge in [0.15, 0.2) is 34.9 Å². The lowest BCUT2D eigenvalue weighted by atomic mass is 10.0. The Bertz CT molecular complexity index is 2920. The first-order chi connectivity index (χ1) is 27.2. The normalized spacial score (nSPS) is 11.3. The van der Waals surface area contributed by atoms with E-state index in [1.54, 1.807) is 0 Å². The van der Waals surface area contributed by atoms with E-state index in [1.165, 1.54) is 0 Å². The van der Waals surface area contributed by atoms with E-state index < -0.39 is 0 Å². The summed E-state index contributed by atoms with van der Waals surface area (Å²) in [4.78, 5) is 30.2. The zero-order chi connectivity index (χ0) is 36.6. The van der Waals surface area contributed by atoms with Crippen LogP contribution in [0.4, 0.5) is 0 Å². The van der Waals surface area contributed by atoms with E-state index in [-0.39, 0.29) is 0 Å². The van der Waals surface area contributed by atoms with E-state index in [2.05, 4.69) is 36.4 Å². The summed E-state index contributed by atoms with van der Waals surface area (Å²) in [6.45, 7) is 0. The van der Waals surface area contributed by atoms with Crippen molar-refractivity contribution >= 4 is 21.9 Å². The highest BCUT2D eigenvalue weighted by Gasteiger charge is 2.19. The van der Waals surface area contributed by atoms with Crippen LogP contribution in [0.15, 0.2) is 186 Å². The van der Waals surface area contributed by atoms with E-state index in [0.717, 1.165) is 66.4 Å². The first-order valence-corrected chi connectivity index (χ1v) is 18.0. The van der Waals surface area contributed by atoms with E-state index in [9.17, 15) is 0 Å². The zero-order valence-corrected chi connectivity index (χ0v) is 29.4. The minimum Gasteiger partial charge on any atom is -0.456 e. The van der Waals surface area contributed by atoms with Gasteiger partial charge in [0.05, 0.1) is 0 Å². The van der Waals surface area contributed by atoms with Gasteiger partial charge in [0.2, 0.25) is 0 Å².